The summed E-state index contributed by atoms with van der Waals surface area (Å²) in [6.07, 6.45) is 0. The number of ether oxygens (including phenoxy) is 1. The first-order valence-electron chi connectivity index (χ1n) is 5.91. The fourth-order valence-corrected chi connectivity index (χ4v) is 2.08. The van der Waals surface area contributed by atoms with E-state index in [9.17, 15) is 4.79 Å². The molecule has 0 aromatic heterocycles. The van der Waals surface area contributed by atoms with Crippen LogP contribution in [-0.2, 0) is 9.53 Å². The summed E-state index contributed by atoms with van der Waals surface area (Å²) in [6.45, 7) is 6.76. The molecule has 1 aromatic carbocycles. The predicted octanol–water partition coefficient (Wildman–Crippen LogP) is 0.892. The van der Waals surface area contributed by atoms with Crippen LogP contribution in [0.5, 0.6) is 0 Å². The van der Waals surface area contributed by atoms with Gasteiger partial charge >= 0.3 is 6.47 Å². The molecule has 0 unspecified atom stereocenters. The molecule has 1 heterocycles. The molecule has 2 rings (SSSR count). The Morgan fingerprint density at radius 2 is 1.82 bits per heavy atom. The molecule has 1 fully saturated rings. The highest BCUT2D eigenvalue weighted by molar-refractivity contribution is 5.46. The van der Waals surface area contributed by atoms with Crippen molar-refractivity contribution in [1.29, 1.82) is 0 Å². The second-order valence-electron chi connectivity index (χ2n) is 4.10. The maximum absolute atomic E-state index is 9.91. The summed E-state index contributed by atoms with van der Waals surface area (Å²) in [4.78, 5) is 14.6. The molecule has 1 aliphatic rings. The summed E-state index contributed by atoms with van der Waals surface area (Å²) in [6, 6.07) is 10.4. The molecule has 1 saturated heterocycles. The van der Waals surface area contributed by atoms with Crippen LogP contribution in [0.3, 0.4) is 0 Å². The Morgan fingerprint density at radius 1 is 1.12 bits per heavy atom. The highest BCUT2D eigenvalue weighted by Gasteiger charge is 2.16. The Balaban J connectivity index is 1.76. The minimum absolute atomic E-state index is 0.439. The van der Waals surface area contributed by atoms with Gasteiger partial charge in [-0.05, 0) is 12.1 Å². The molecule has 1 aliphatic heterocycles. The van der Waals surface area contributed by atoms with Crippen LogP contribution < -0.4 is 4.90 Å². The topological polar surface area (TPSA) is 32.8 Å². The normalized spacial score (nSPS) is 16.8. The number of piperazine rings is 1. The highest BCUT2D eigenvalue weighted by Crippen LogP contribution is 2.15. The lowest BCUT2D eigenvalue weighted by atomic mass is 10.2. The van der Waals surface area contributed by atoms with Gasteiger partial charge < -0.3 is 9.64 Å². The Hall–Kier alpha value is -1.55. The van der Waals surface area contributed by atoms with E-state index in [0.717, 1.165) is 32.7 Å². The van der Waals surface area contributed by atoms with Crippen LogP contribution in [0.1, 0.15) is 0 Å². The lowest BCUT2D eigenvalue weighted by Gasteiger charge is -2.35. The fourth-order valence-electron chi connectivity index (χ4n) is 2.08. The summed E-state index contributed by atoms with van der Waals surface area (Å²) in [5.41, 5.74) is 1.28. The molecule has 17 heavy (non-hydrogen) atoms. The number of hydrogen-bond donors (Lipinski definition) is 0. The minimum atomic E-state index is 0.439. The zero-order valence-electron chi connectivity index (χ0n) is 9.84. The van der Waals surface area contributed by atoms with E-state index in [0.29, 0.717) is 6.61 Å². The molecule has 4 heteroatoms. The summed E-state index contributed by atoms with van der Waals surface area (Å²) < 4.78 is 4.59. The molecule has 0 bridgehead atoms. The molecule has 91 valence electrons. The van der Waals surface area contributed by atoms with Gasteiger partial charge in [0.15, 0.2) is 0 Å². The molecule has 1 radical (unpaired) electrons. The monoisotopic (exact) mass is 233 g/mol. The standard InChI is InChI=1S/C13H17N2O2/c16-12-17-11-10-14-6-8-15(9-7-14)13-4-2-1-3-5-13/h1-5H,6-11H2. The van der Waals surface area contributed by atoms with Gasteiger partial charge in [-0.2, -0.15) is 0 Å². The number of rotatable bonds is 5. The van der Waals surface area contributed by atoms with E-state index in [1.165, 1.54) is 12.2 Å². The SMILES string of the molecule is O=[C]OCCN1CCN(c2ccccc2)CC1. The summed E-state index contributed by atoms with van der Waals surface area (Å²) in [5, 5.41) is 0. The summed E-state index contributed by atoms with van der Waals surface area (Å²) >= 11 is 0. The Kier molecular flexibility index (Phi) is 4.38. The van der Waals surface area contributed by atoms with Crippen molar-refractivity contribution in [2.45, 2.75) is 0 Å². The van der Waals surface area contributed by atoms with Crippen LogP contribution in [0.15, 0.2) is 30.3 Å². The maximum atomic E-state index is 9.91. The summed E-state index contributed by atoms with van der Waals surface area (Å²) in [5.74, 6) is 0. The smallest absolute Gasteiger partial charge is 0.417 e. The van der Waals surface area contributed by atoms with Crippen molar-refractivity contribution in [3.63, 3.8) is 0 Å². The van der Waals surface area contributed by atoms with E-state index in [4.69, 9.17) is 0 Å². The Labute approximate surface area is 102 Å². The van der Waals surface area contributed by atoms with Crippen molar-refractivity contribution < 1.29 is 9.53 Å². The number of anilines is 1. The van der Waals surface area contributed by atoms with Crippen LogP contribution in [0.4, 0.5) is 5.69 Å². The summed E-state index contributed by atoms with van der Waals surface area (Å²) in [7, 11) is 0. The maximum Gasteiger partial charge on any atom is 0.417 e. The largest absolute Gasteiger partial charge is 0.456 e. The second-order valence-corrected chi connectivity index (χ2v) is 4.10. The lowest BCUT2D eigenvalue weighted by Crippen LogP contribution is -2.47. The van der Waals surface area contributed by atoms with Crippen molar-refractivity contribution in [2.24, 2.45) is 0 Å². The Morgan fingerprint density at radius 3 is 2.47 bits per heavy atom. The van der Waals surface area contributed by atoms with Gasteiger partial charge in [-0.15, -0.1) is 0 Å². The molecular weight excluding hydrogens is 216 g/mol. The zero-order chi connectivity index (χ0) is 11.9. The lowest BCUT2D eigenvalue weighted by molar-refractivity contribution is 0.188. The van der Waals surface area contributed by atoms with E-state index in [1.54, 1.807) is 0 Å². The third-order valence-electron chi connectivity index (χ3n) is 3.06. The predicted molar refractivity (Wildman–Crippen MR) is 66.7 cm³/mol. The number of benzene rings is 1. The van der Waals surface area contributed by atoms with Gasteiger partial charge in [-0.25, -0.2) is 4.79 Å². The van der Waals surface area contributed by atoms with Gasteiger partial charge in [-0.3, -0.25) is 4.90 Å². The molecule has 0 amide bonds. The van der Waals surface area contributed by atoms with E-state index in [2.05, 4.69) is 38.8 Å². The zero-order valence-corrected chi connectivity index (χ0v) is 9.84. The van der Waals surface area contributed by atoms with Crippen molar-refractivity contribution in [2.75, 3.05) is 44.2 Å². The minimum Gasteiger partial charge on any atom is -0.456 e. The van der Waals surface area contributed by atoms with Crippen molar-refractivity contribution >= 4 is 12.2 Å². The van der Waals surface area contributed by atoms with Gasteiger partial charge in [0.25, 0.3) is 0 Å². The van der Waals surface area contributed by atoms with E-state index < -0.39 is 0 Å². The van der Waals surface area contributed by atoms with Crippen molar-refractivity contribution in [3.05, 3.63) is 30.3 Å². The molecule has 0 atom stereocenters. The van der Waals surface area contributed by atoms with Crippen LogP contribution in [0.25, 0.3) is 0 Å². The van der Waals surface area contributed by atoms with E-state index in [-0.39, 0.29) is 0 Å². The van der Waals surface area contributed by atoms with Gasteiger partial charge in [0, 0.05) is 38.4 Å². The molecule has 4 nitrogen and oxygen atoms in total. The Bertz CT molecular complexity index is 335. The fraction of sp³-hybridized carbons (Fsp3) is 0.462. The molecule has 1 aromatic rings. The van der Waals surface area contributed by atoms with Crippen LogP contribution in [0.2, 0.25) is 0 Å². The highest BCUT2D eigenvalue weighted by atomic mass is 16.5. The molecule has 0 aliphatic carbocycles. The third-order valence-corrected chi connectivity index (χ3v) is 3.06. The van der Waals surface area contributed by atoms with Gasteiger partial charge in [0.05, 0.1) is 0 Å². The molecule has 0 saturated carbocycles. The van der Waals surface area contributed by atoms with Crippen molar-refractivity contribution in [3.8, 4) is 0 Å². The van der Waals surface area contributed by atoms with Gasteiger partial charge in [-0.1, -0.05) is 18.2 Å². The van der Waals surface area contributed by atoms with Gasteiger partial charge in [0.2, 0.25) is 0 Å². The average molecular weight is 233 g/mol. The number of para-hydroxylation sites is 1. The molecule has 0 spiro atoms. The molecule has 0 N–H and O–H groups in total. The first-order chi connectivity index (χ1) is 8.40. The number of hydrogen-bond acceptors (Lipinski definition) is 4. The van der Waals surface area contributed by atoms with E-state index >= 15 is 0 Å². The quantitative estimate of drug-likeness (QED) is 0.707. The third kappa shape index (κ3) is 3.46. The van der Waals surface area contributed by atoms with Crippen LogP contribution >= 0.6 is 0 Å². The number of nitrogens with zero attached hydrogens (tertiary/aromatic N) is 2. The van der Waals surface area contributed by atoms with Gasteiger partial charge in [0.1, 0.15) is 6.61 Å². The van der Waals surface area contributed by atoms with E-state index in [1.807, 2.05) is 6.07 Å². The second kappa shape index (κ2) is 6.25. The first-order valence-corrected chi connectivity index (χ1v) is 5.91. The number of carbonyl (C=O) groups excluding carboxylic acids is 1. The van der Waals surface area contributed by atoms with Crippen molar-refractivity contribution in [1.82, 2.24) is 4.90 Å². The first kappa shape index (κ1) is 11.9. The average Bonchev–Trinajstić information content (AvgIpc) is 2.41. The molecular formula is C13H17N2O2. The van der Waals surface area contributed by atoms with Crippen LogP contribution in [-0.4, -0.2) is 50.7 Å². The van der Waals surface area contributed by atoms with Crippen LogP contribution in [0, 0.1) is 0 Å².